The maximum Gasteiger partial charge on any atom is 0.312 e. The van der Waals surface area contributed by atoms with Gasteiger partial charge in [-0.3, -0.25) is 9.89 Å². The minimum atomic E-state index is -0.922. The van der Waals surface area contributed by atoms with E-state index >= 15 is 0 Å². The van der Waals surface area contributed by atoms with Gasteiger partial charge in [-0.1, -0.05) is 0 Å². The number of hydrogen-bond acceptors (Lipinski definition) is 3. The summed E-state index contributed by atoms with van der Waals surface area (Å²) in [5.41, 5.74) is 5.85. The molecule has 0 spiro atoms. The fourth-order valence-electron chi connectivity index (χ4n) is 0.831. The molecule has 60 valence electrons. The number of nitrogens with zero attached hydrogens (tertiary/aromatic N) is 1. The Hall–Kier alpha value is -1.36. The van der Waals surface area contributed by atoms with Crippen LogP contribution in [-0.4, -0.2) is 27.8 Å². The van der Waals surface area contributed by atoms with Crippen LogP contribution in [0.2, 0.25) is 0 Å². The molecule has 0 radical (unpaired) electrons. The molecule has 1 unspecified atom stereocenters. The number of nitrogens with one attached hydrogen (secondary N) is 1. The van der Waals surface area contributed by atoms with Gasteiger partial charge in [-0.25, -0.2) is 0 Å². The van der Waals surface area contributed by atoms with Gasteiger partial charge >= 0.3 is 5.97 Å². The van der Waals surface area contributed by atoms with Crippen LogP contribution in [0.1, 0.15) is 11.5 Å². The zero-order chi connectivity index (χ0) is 8.27. The minimum absolute atomic E-state index is 0.0921. The van der Waals surface area contributed by atoms with Gasteiger partial charge in [-0.2, -0.15) is 5.10 Å². The number of nitrogens with two attached hydrogens (primary N) is 1. The summed E-state index contributed by atoms with van der Waals surface area (Å²) in [6.45, 7) is 0.0921. The number of hydrogen-bond donors (Lipinski definition) is 3. The molecule has 0 aliphatic heterocycles. The number of aliphatic carboxylic acids is 1. The molecule has 1 heterocycles. The highest BCUT2D eigenvalue weighted by atomic mass is 16.4. The van der Waals surface area contributed by atoms with Gasteiger partial charge in [0.2, 0.25) is 0 Å². The molecule has 5 heteroatoms. The van der Waals surface area contributed by atoms with Gasteiger partial charge in [-0.15, -0.1) is 0 Å². The van der Waals surface area contributed by atoms with E-state index in [1.807, 2.05) is 0 Å². The maximum absolute atomic E-state index is 10.5. The Morgan fingerprint density at radius 2 is 2.64 bits per heavy atom. The highest BCUT2D eigenvalue weighted by molar-refractivity contribution is 5.76. The quantitative estimate of drug-likeness (QED) is 0.550. The third-order valence-electron chi connectivity index (χ3n) is 1.46. The number of rotatable bonds is 3. The van der Waals surface area contributed by atoms with E-state index in [1.165, 1.54) is 12.4 Å². The Morgan fingerprint density at radius 3 is 3.00 bits per heavy atom. The fourth-order valence-corrected chi connectivity index (χ4v) is 0.831. The lowest BCUT2D eigenvalue weighted by molar-refractivity contribution is -0.138. The predicted octanol–water partition coefficient (Wildman–Crippen LogP) is -0.463. The number of aromatic amines is 1. The van der Waals surface area contributed by atoms with E-state index in [0.29, 0.717) is 5.56 Å². The first-order chi connectivity index (χ1) is 5.25. The maximum atomic E-state index is 10.5. The second-order valence-electron chi connectivity index (χ2n) is 2.16. The summed E-state index contributed by atoms with van der Waals surface area (Å²) in [6.07, 6.45) is 3.00. The monoisotopic (exact) mass is 155 g/mol. The molecule has 0 aliphatic carbocycles. The standard InChI is InChI=1S/C6H9N3O2/c7-1-5(6(10)11)4-2-8-9-3-4/h2-3,5H,1,7H2,(H,8,9)(H,10,11). The molecule has 1 aromatic rings. The molecule has 5 nitrogen and oxygen atoms in total. The largest absolute Gasteiger partial charge is 0.481 e. The lowest BCUT2D eigenvalue weighted by Gasteiger charge is -2.04. The van der Waals surface area contributed by atoms with Crippen LogP contribution < -0.4 is 5.73 Å². The Bertz CT molecular complexity index is 232. The minimum Gasteiger partial charge on any atom is -0.481 e. The van der Waals surface area contributed by atoms with Crippen molar-refractivity contribution >= 4 is 5.97 Å². The van der Waals surface area contributed by atoms with Crippen molar-refractivity contribution in [1.29, 1.82) is 0 Å². The molecule has 0 bridgehead atoms. The van der Waals surface area contributed by atoms with Gasteiger partial charge in [0.1, 0.15) is 0 Å². The van der Waals surface area contributed by atoms with E-state index < -0.39 is 11.9 Å². The molecular formula is C6H9N3O2. The van der Waals surface area contributed by atoms with Gasteiger partial charge in [0.25, 0.3) is 0 Å². The van der Waals surface area contributed by atoms with Crippen LogP contribution >= 0.6 is 0 Å². The van der Waals surface area contributed by atoms with E-state index in [9.17, 15) is 4.79 Å². The molecule has 0 fully saturated rings. The van der Waals surface area contributed by atoms with Crippen LogP contribution in [0.15, 0.2) is 12.4 Å². The molecule has 0 amide bonds. The van der Waals surface area contributed by atoms with E-state index in [-0.39, 0.29) is 6.54 Å². The smallest absolute Gasteiger partial charge is 0.312 e. The lowest BCUT2D eigenvalue weighted by Crippen LogP contribution is -2.20. The zero-order valence-electron chi connectivity index (χ0n) is 5.82. The topological polar surface area (TPSA) is 92.0 Å². The number of carboxylic acids is 1. The van der Waals surface area contributed by atoms with Gasteiger partial charge in [0, 0.05) is 18.3 Å². The normalized spacial score (nSPS) is 12.8. The van der Waals surface area contributed by atoms with Crippen LogP contribution in [0, 0.1) is 0 Å². The average Bonchev–Trinajstić information content (AvgIpc) is 2.40. The molecule has 1 rings (SSSR count). The van der Waals surface area contributed by atoms with Crippen molar-refractivity contribution in [2.45, 2.75) is 5.92 Å². The van der Waals surface area contributed by atoms with Gasteiger partial charge in [0.15, 0.2) is 0 Å². The zero-order valence-corrected chi connectivity index (χ0v) is 5.82. The van der Waals surface area contributed by atoms with E-state index in [0.717, 1.165) is 0 Å². The first kappa shape index (κ1) is 7.74. The highest BCUT2D eigenvalue weighted by Crippen LogP contribution is 2.11. The van der Waals surface area contributed by atoms with Crippen LogP contribution in [0.4, 0.5) is 0 Å². The van der Waals surface area contributed by atoms with Gasteiger partial charge in [0.05, 0.1) is 12.1 Å². The lowest BCUT2D eigenvalue weighted by atomic mass is 10.0. The Kier molecular flexibility index (Phi) is 2.22. The molecule has 0 saturated heterocycles. The third kappa shape index (κ3) is 1.56. The van der Waals surface area contributed by atoms with Crippen molar-refractivity contribution < 1.29 is 9.90 Å². The summed E-state index contributed by atoms with van der Waals surface area (Å²) in [4.78, 5) is 10.5. The predicted molar refractivity (Wildman–Crippen MR) is 38.0 cm³/mol. The van der Waals surface area contributed by atoms with E-state index in [4.69, 9.17) is 10.8 Å². The number of carboxylic acid groups (broad SMARTS) is 1. The molecule has 1 aromatic heterocycles. The molecule has 11 heavy (non-hydrogen) atoms. The van der Waals surface area contributed by atoms with Crippen molar-refractivity contribution in [1.82, 2.24) is 10.2 Å². The number of H-pyrrole nitrogens is 1. The highest BCUT2D eigenvalue weighted by Gasteiger charge is 2.18. The van der Waals surface area contributed by atoms with Crippen LogP contribution in [-0.2, 0) is 4.79 Å². The van der Waals surface area contributed by atoms with Crippen molar-refractivity contribution in [2.75, 3.05) is 6.54 Å². The molecule has 0 saturated carbocycles. The molecular weight excluding hydrogens is 146 g/mol. The molecule has 1 atom stereocenters. The number of carbonyl (C=O) groups is 1. The first-order valence-electron chi connectivity index (χ1n) is 3.17. The van der Waals surface area contributed by atoms with Crippen LogP contribution in [0.25, 0.3) is 0 Å². The third-order valence-corrected chi connectivity index (χ3v) is 1.46. The summed E-state index contributed by atoms with van der Waals surface area (Å²) in [5.74, 6) is -1.57. The van der Waals surface area contributed by atoms with Crippen LogP contribution in [0.3, 0.4) is 0 Å². The van der Waals surface area contributed by atoms with Crippen molar-refractivity contribution in [3.05, 3.63) is 18.0 Å². The Balaban J connectivity index is 2.79. The van der Waals surface area contributed by atoms with E-state index in [1.54, 1.807) is 0 Å². The second-order valence-corrected chi connectivity index (χ2v) is 2.16. The summed E-state index contributed by atoms with van der Waals surface area (Å²) in [7, 11) is 0. The molecule has 0 aromatic carbocycles. The van der Waals surface area contributed by atoms with Crippen LogP contribution in [0.5, 0.6) is 0 Å². The van der Waals surface area contributed by atoms with E-state index in [2.05, 4.69) is 10.2 Å². The second kappa shape index (κ2) is 3.16. The average molecular weight is 155 g/mol. The summed E-state index contributed by atoms with van der Waals surface area (Å²) < 4.78 is 0. The summed E-state index contributed by atoms with van der Waals surface area (Å²) in [5, 5.41) is 14.8. The first-order valence-corrected chi connectivity index (χ1v) is 3.17. The van der Waals surface area contributed by atoms with Crippen molar-refractivity contribution in [2.24, 2.45) is 5.73 Å². The van der Waals surface area contributed by atoms with Crippen molar-refractivity contribution in [3.8, 4) is 0 Å². The van der Waals surface area contributed by atoms with Gasteiger partial charge < -0.3 is 10.8 Å². The Morgan fingerprint density at radius 1 is 1.91 bits per heavy atom. The molecule has 4 N–H and O–H groups in total. The fraction of sp³-hybridized carbons (Fsp3) is 0.333. The Labute approximate surface area is 63.2 Å². The molecule has 0 aliphatic rings. The summed E-state index contributed by atoms with van der Waals surface area (Å²) >= 11 is 0. The SMILES string of the molecule is NCC(C(=O)O)c1cn[nH]c1. The van der Waals surface area contributed by atoms with Crippen molar-refractivity contribution in [3.63, 3.8) is 0 Å². The number of aromatic nitrogens is 2. The summed E-state index contributed by atoms with van der Waals surface area (Å²) in [6, 6.07) is 0. The van der Waals surface area contributed by atoms with Gasteiger partial charge in [-0.05, 0) is 0 Å².